The van der Waals surface area contributed by atoms with Gasteiger partial charge in [0.05, 0.1) is 18.6 Å². The number of nitrogens with one attached hydrogen (secondary N) is 1. The van der Waals surface area contributed by atoms with E-state index in [9.17, 15) is 9.59 Å². The van der Waals surface area contributed by atoms with E-state index in [1.807, 2.05) is 0 Å². The van der Waals surface area contributed by atoms with E-state index in [4.69, 9.17) is 15.6 Å². The molecule has 4 N–H and O–H groups in total. The van der Waals surface area contributed by atoms with Crippen LogP contribution in [-0.2, 0) is 14.3 Å². The van der Waals surface area contributed by atoms with E-state index in [1.165, 1.54) is 0 Å². The summed E-state index contributed by atoms with van der Waals surface area (Å²) in [7, 11) is 0. The van der Waals surface area contributed by atoms with Gasteiger partial charge in [-0.15, -0.1) is 12.4 Å². The molecular formula is C10H19ClN2O4. The molecule has 1 aliphatic rings. The molecule has 0 aromatic carbocycles. The molecule has 0 aromatic heterocycles. The first kappa shape index (κ1) is 16.3. The first-order chi connectivity index (χ1) is 7.65. The number of halogens is 1. The predicted octanol–water partition coefficient (Wildman–Crippen LogP) is -0.595. The molecule has 1 fully saturated rings. The van der Waals surface area contributed by atoms with Gasteiger partial charge in [0.15, 0.2) is 5.78 Å². The first-order valence-corrected chi connectivity index (χ1v) is 5.42. The molecule has 1 saturated heterocycles. The quantitative estimate of drug-likeness (QED) is 0.555. The van der Waals surface area contributed by atoms with Gasteiger partial charge in [-0.1, -0.05) is 0 Å². The highest BCUT2D eigenvalue weighted by Gasteiger charge is 2.30. The van der Waals surface area contributed by atoms with Gasteiger partial charge in [0.1, 0.15) is 6.61 Å². The molecule has 100 valence electrons. The number of carboxylic acids is 1. The zero-order valence-electron chi connectivity index (χ0n) is 9.55. The van der Waals surface area contributed by atoms with Crippen molar-refractivity contribution in [1.82, 2.24) is 5.32 Å². The molecule has 17 heavy (non-hydrogen) atoms. The topological polar surface area (TPSA) is 102 Å². The van der Waals surface area contributed by atoms with E-state index >= 15 is 0 Å². The maximum absolute atomic E-state index is 11.6. The highest BCUT2D eigenvalue weighted by molar-refractivity contribution is 5.86. The molecule has 2 unspecified atom stereocenters. The van der Waals surface area contributed by atoms with E-state index in [2.05, 4.69) is 5.32 Å². The summed E-state index contributed by atoms with van der Waals surface area (Å²) < 4.78 is 5.03. The molecule has 0 saturated carbocycles. The minimum atomic E-state index is -0.831. The van der Waals surface area contributed by atoms with Crippen LogP contribution in [-0.4, -0.2) is 49.2 Å². The number of carboxylic acid groups (broad SMARTS) is 1. The number of aliphatic carboxylic acids is 1. The number of Topliss-reactive ketones (excluding diaryl/α,β-unsaturated/α-hetero) is 1. The number of nitrogens with two attached hydrogens (primary N) is 1. The van der Waals surface area contributed by atoms with Crippen LogP contribution in [0.5, 0.6) is 0 Å². The molecule has 0 bridgehead atoms. The summed E-state index contributed by atoms with van der Waals surface area (Å²) in [4.78, 5) is 22.4. The molecule has 6 nitrogen and oxygen atoms in total. The summed E-state index contributed by atoms with van der Waals surface area (Å²) >= 11 is 0. The van der Waals surface area contributed by atoms with Crippen LogP contribution in [0, 0.1) is 5.92 Å². The van der Waals surface area contributed by atoms with Crippen molar-refractivity contribution in [3.05, 3.63) is 0 Å². The summed E-state index contributed by atoms with van der Waals surface area (Å²) in [5.41, 5.74) is 5.23. The predicted molar refractivity (Wildman–Crippen MR) is 64.3 cm³/mol. The summed E-state index contributed by atoms with van der Waals surface area (Å²) in [5, 5.41) is 11.9. The van der Waals surface area contributed by atoms with Gasteiger partial charge in [0.2, 0.25) is 0 Å². The lowest BCUT2D eigenvalue weighted by Crippen LogP contribution is -2.46. The second-order valence-electron chi connectivity index (χ2n) is 3.87. The monoisotopic (exact) mass is 266 g/mol. The van der Waals surface area contributed by atoms with Crippen molar-refractivity contribution >= 4 is 24.2 Å². The van der Waals surface area contributed by atoms with Crippen molar-refractivity contribution in [1.29, 1.82) is 0 Å². The van der Waals surface area contributed by atoms with E-state index in [-0.39, 0.29) is 24.8 Å². The number of carbonyl (C=O) groups is 2. The molecule has 0 spiro atoms. The largest absolute Gasteiger partial charge is 0.481 e. The molecule has 1 rings (SSSR count). The molecule has 7 heteroatoms. The number of hydrogen-bond donors (Lipinski definition) is 3. The van der Waals surface area contributed by atoms with Crippen molar-refractivity contribution in [2.45, 2.75) is 18.9 Å². The molecule has 0 aromatic rings. The second-order valence-corrected chi connectivity index (χ2v) is 3.87. The van der Waals surface area contributed by atoms with Crippen LogP contribution in [0.2, 0.25) is 0 Å². The van der Waals surface area contributed by atoms with Crippen LogP contribution in [0.25, 0.3) is 0 Å². The Hall–Kier alpha value is -0.690. The molecule has 1 aliphatic heterocycles. The number of piperidine rings is 1. The minimum absolute atomic E-state index is 0. The third kappa shape index (κ3) is 5.45. The Balaban J connectivity index is 0.00000256. The van der Waals surface area contributed by atoms with Gasteiger partial charge in [-0.3, -0.25) is 9.59 Å². The van der Waals surface area contributed by atoms with Crippen molar-refractivity contribution in [3.63, 3.8) is 0 Å². The Morgan fingerprint density at radius 1 is 1.47 bits per heavy atom. The van der Waals surface area contributed by atoms with Gasteiger partial charge in [-0.2, -0.15) is 0 Å². The van der Waals surface area contributed by atoms with Gasteiger partial charge < -0.3 is 20.9 Å². The first-order valence-electron chi connectivity index (χ1n) is 5.42. The highest BCUT2D eigenvalue weighted by Crippen LogP contribution is 2.16. The maximum atomic E-state index is 11.6. The van der Waals surface area contributed by atoms with Crippen LogP contribution in [0.15, 0.2) is 0 Å². The number of rotatable bonds is 6. The second kappa shape index (κ2) is 8.41. The van der Waals surface area contributed by atoms with E-state index in [1.54, 1.807) is 0 Å². The fourth-order valence-corrected chi connectivity index (χ4v) is 1.74. The van der Waals surface area contributed by atoms with Gasteiger partial charge in [0, 0.05) is 6.54 Å². The van der Waals surface area contributed by atoms with Crippen molar-refractivity contribution < 1.29 is 19.4 Å². The Morgan fingerprint density at radius 2 is 2.18 bits per heavy atom. The molecule has 2 atom stereocenters. The van der Waals surface area contributed by atoms with Crippen molar-refractivity contribution in [2.75, 3.05) is 26.3 Å². The highest BCUT2D eigenvalue weighted by atomic mass is 35.5. The average molecular weight is 267 g/mol. The number of carbonyl (C=O) groups excluding carboxylic acids is 1. The molecule has 0 aliphatic carbocycles. The Bertz CT molecular complexity index is 263. The zero-order valence-corrected chi connectivity index (χ0v) is 10.4. The third-order valence-electron chi connectivity index (χ3n) is 2.65. The van der Waals surface area contributed by atoms with Crippen LogP contribution < -0.4 is 11.1 Å². The van der Waals surface area contributed by atoms with E-state index < -0.39 is 17.9 Å². The molecule has 0 radical (unpaired) electrons. The summed E-state index contributed by atoms with van der Waals surface area (Å²) in [6.07, 6.45) is 0.920. The van der Waals surface area contributed by atoms with Crippen molar-refractivity contribution in [3.8, 4) is 0 Å². The van der Waals surface area contributed by atoms with Crippen LogP contribution in [0.3, 0.4) is 0 Å². The SMILES string of the molecule is Cl.NCCOCC(=O)C1CC(C(=O)O)CCN1. The minimum Gasteiger partial charge on any atom is -0.481 e. The molecule has 1 heterocycles. The Morgan fingerprint density at radius 3 is 2.76 bits per heavy atom. The lowest BCUT2D eigenvalue weighted by molar-refractivity contribution is -0.143. The lowest BCUT2D eigenvalue weighted by atomic mass is 9.91. The third-order valence-corrected chi connectivity index (χ3v) is 2.65. The summed E-state index contributed by atoms with van der Waals surface area (Å²) in [6.45, 7) is 1.29. The van der Waals surface area contributed by atoms with Gasteiger partial charge in [-0.05, 0) is 19.4 Å². The lowest BCUT2D eigenvalue weighted by Gasteiger charge is -2.26. The summed E-state index contributed by atoms with van der Waals surface area (Å²) in [5.74, 6) is -1.36. The Kier molecular flexibility index (Phi) is 8.07. The number of hydrogen-bond acceptors (Lipinski definition) is 5. The van der Waals surface area contributed by atoms with Crippen LogP contribution >= 0.6 is 12.4 Å². The van der Waals surface area contributed by atoms with Crippen LogP contribution in [0.4, 0.5) is 0 Å². The smallest absolute Gasteiger partial charge is 0.306 e. The molecule has 0 amide bonds. The summed E-state index contributed by atoms with van der Waals surface area (Å²) in [6, 6.07) is -0.396. The fourth-order valence-electron chi connectivity index (χ4n) is 1.74. The van der Waals surface area contributed by atoms with Crippen molar-refractivity contribution in [2.24, 2.45) is 11.7 Å². The van der Waals surface area contributed by atoms with E-state index in [0.29, 0.717) is 32.5 Å². The van der Waals surface area contributed by atoms with Gasteiger partial charge in [0.25, 0.3) is 0 Å². The normalized spacial score (nSPS) is 23.8. The number of ether oxygens (including phenoxy) is 1. The zero-order chi connectivity index (χ0) is 12.0. The van der Waals surface area contributed by atoms with Crippen LogP contribution in [0.1, 0.15) is 12.8 Å². The average Bonchev–Trinajstić information content (AvgIpc) is 2.29. The fraction of sp³-hybridized carbons (Fsp3) is 0.800. The standard InChI is InChI=1S/C10H18N2O4.ClH/c11-2-4-16-6-9(13)8-5-7(10(14)15)1-3-12-8;/h7-8,12H,1-6,11H2,(H,14,15);1H. The maximum Gasteiger partial charge on any atom is 0.306 e. The molecular weight excluding hydrogens is 248 g/mol. The van der Waals surface area contributed by atoms with Gasteiger partial charge >= 0.3 is 5.97 Å². The van der Waals surface area contributed by atoms with E-state index in [0.717, 1.165) is 0 Å². The Labute approximate surface area is 106 Å². The number of ketones is 1. The van der Waals surface area contributed by atoms with Gasteiger partial charge in [-0.25, -0.2) is 0 Å².